The van der Waals surface area contributed by atoms with Crippen LogP contribution in [0.3, 0.4) is 0 Å². The van der Waals surface area contributed by atoms with E-state index in [9.17, 15) is 14.7 Å². The van der Waals surface area contributed by atoms with E-state index < -0.39 is 17.7 Å². The van der Waals surface area contributed by atoms with Crippen molar-refractivity contribution < 1.29 is 19.4 Å². The zero-order valence-corrected chi connectivity index (χ0v) is 13.5. The molecule has 2 saturated heterocycles. The summed E-state index contributed by atoms with van der Waals surface area (Å²) in [5, 5.41) is 9.51. The fourth-order valence-electron chi connectivity index (χ4n) is 3.36. The smallest absolute Gasteiger partial charge is 0.328 e. The van der Waals surface area contributed by atoms with Gasteiger partial charge in [-0.2, -0.15) is 0 Å². The van der Waals surface area contributed by atoms with Crippen LogP contribution >= 0.6 is 0 Å². The Hall–Kier alpha value is -1.92. The summed E-state index contributed by atoms with van der Waals surface area (Å²) in [5.41, 5.74) is 0.769. The summed E-state index contributed by atoms with van der Waals surface area (Å²) in [6.07, 6.45) is 1.26. The molecule has 1 aromatic carbocycles. The number of carboxylic acid groups (broad SMARTS) is 1. The van der Waals surface area contributed by atoms with Gasteiger partial charge in [0, 0.05) is 31.5 Å². The lowest BCUT2D eigenvalue weighted by atomic mass is 9.97. The van der Waals surface area contributed by atoms with Gasteiger partial charge in [0.05, 0.1) is 6.61 Å². The predicted octanol–water partition coefficient (Wildman–Crippen LogP) is 1.34. The number of aryl methyl sites for hydroxylation is 1. The van der Waals surface area contributed by atoms with Gasteiger partial charge >= 0.3 is 5.97 Å². The van der Waals surface area contributed by atoms with Gasteiger partial charge in [0.2, 0.25) is 0 Å². The second kappa shape index (κ2) is 5.94. The summed E-state index contributed by atoms with van der Waals surface area (Å²) in [6.45, 7) is 3.57. The molecule has 2 aliphatic heterocycles. The molecule has 2 fully saturated rings. The van der Waals surface area contributed by atoms with Crippen molar-refractivity contribution in [1.82, 2.24) is 9.80 Å². The normalized spacial score (nSPS) is 24.1. The molecule has 0 saturated carbocycles. The maximum atomic E-state index is 13.0. The maximum Gasteiger partial charge on any atom is 0.328 e. The maximum absolute atomic E-state index is 13.0. The van der Waals surface area contributed by atoms with Gasteiger partial charge in [-0.15, -0.1) is 0 Å². The minimum Gasteiger partial charge on any atom is -0.480 e. The average Bonchev–Trinajstić information content (AvgIpc) is 2.90. The first kappa shape index (κ1) is 16.0. The van der Waals surface area contributed by atoms with Crippen molar-refractivity contribution in [3.8, 4) is 0 Å². The average molecular weight is 318 g/mol. The first-order valence-electron chi connectivity index (χ1n) is 7.89. The number of hydrogen-bond donors (Lipinski definition) is 1. The monoisotopic (exact) mass is 318 g/mol. The first-order chi connectivity index (χ1) is 10.9. The highest BCUT2D eigenvalue weighted by Crippen LogP contribution is 2.38. The Morgan fingerprint density at radius 1 is 1.22 bits per heavy atom. The van der Waals surface area contributed by atoms with Gasteiger partial charge in [-0.1, -0.05) is 17.7 Å². The number of ether oxygens (including phenoxy) is 1. The molecule has 2 heterocycles. The topological polar surface area (TPSA) is 70.1 Å². The van der Waals surface area contributed by atoms with Crippen molar-refractivity contribution in [3.05, 3.63) is 35.4 Å². The Labute approximate surface area is 135 Å². The molecular formula is C17H22N2O4. The van der Waals surface area contributed by atoms with Crippen molar-refractivity contribution in [2.45, 2.75) is 31.5 Å². The van der Waals surface area contributed by atoms with E-state index in [2.05, 4.69) is 4.90 Å². The van der Waals surface area contributed by atoms with E-state index in [1.807, 2.05) is 26.1 Å². The van der Waals surface area contributed by atoms with E-state index in [4.69, 9.17) is 4.74 Å². The Morgan fingerprint density at radius 2 is 1.83 bits per heavy atom. The predicted molar refractivity (Wildman–Crippen MR) is 84.2 cm³/mol. The van der Waals surface area contributed by atoms with E-state index in [-0.39, 0.29) is 12.5 Å². The molecule has 2 aliphatic rings. The molecule has 6 nitrogen and oxygen atoms in total. The number of carbonyl (C=O) groups excluding carboxylic acids is 1. The zero-order chi connectivity index (χ0) is 16.6. The summed E-state index contributed by atoms with van der Waals surface area (Å²) in [4.78, 5) is 28.2. The Balaban J connectivity index is 1.94. The third-order valence-electron chi connectivity index (χ3n) is 4.83. The number of nitrogens with zero attached hydrogens (tertiary/aromatic N) is 2. The molecule has 23 heavy (non-hydrogen) atoms. The van der Waals surface area contributed by atoms with Gasteiger partial charge < -0.3 is 14.7 Å². The van der Waals surface area contributed by atoms with E-state index >= 15 is 0 Å². The number of carboxylic acids is 1. The highest BCUT2D eigenvalue weighted by Gasteiger charge is 2.53. The number of likely N-dealkylation sites (tertiary alicyclic amines) is 1. The molecule has 0 aromatic heterocycles. The lowest BCUT2D eigenvalue weighted by Crippen LogP contribution is -2.57. The Kier molecular flexibility index (Phi) is 4.12. The quantitative estimate of drug-likeness (QED) is 0.891. The van der Waals surface area contributed by atoms with Crippen LogP contribution in [0.5, 0.6) is 0 Å². The van der Waals surface area contributed by atoms with Crippen molar-refractivity contribution in [2.24, 2.45) is 0 Å². The van der Waals surface area contributed by atoms with Crippen molar-refractivity contribution >= 4 is 11.9 Å². The molecule has 0 bridgehead atoms. The number of piperidine rings is 1. The molecule has 1 amide bonds. The molecular weight excluding hydrogens is 296 g/mol. The van der Waals surface area contributed by atoms with Crippen molar-refractivity contribution in [3.63, 3.8) is 0 Å². The van der Waals surface area contributed by atoms with Crippen LogP contribution in [0, 0.1) is 6.92 Å². The third-order valence-corrected chi connectivity index (χ3v) is 4.83. The SMILES string of the molecule is Cc1ccc(C(=O)N2[C@@H](C(=O)O)COC23CCN(C)CC3)cc1. The fourth-order valence-corrected chi connectivity index (χ4v) is 3.36. The van der Waals surface area contributed by atoms with Crippen LogP contribution in [-0.2, 0) is 9.53 Å². The second-order valence-electron chi connectivity index (χ2n) is 6.46. The molecule has 0 aliphatic carbocycles. The van der Waals surface area contributed by atoms with E-state index in [0.717, 1.165) is 18.7 Å². The lowest BCUT2D eigenvalue weighted by Gasteiger charge is -2.43. The standard InChI is InChI=1S/C17H22N2O4/c1-12-3-5-13(6-4-12)15(20)19-14(16(21)22)11-23-17(19)7-9-18(2)10-8-17/h3-6,14H,7-11H2,1-2H3,(H,21,22)/t14-/m1/s1. The van der Waals surface area contributed by atoms with Gasteiger partial charge in [-0.05, 0) is 26.1 Å². The minimum atomic E-state index is -1.01. The van der Waals surface area contributed by atoms with Gasteiger partial charge in [0.1, 0.15) is 5.72 Å². The van der Waals surface area contributed by atoms with Gasteiger partial charge in [-0.3, -0.25) is 9.69 Å². The third kappa shape index (κ3) is 2.84. The number of amides is 1. The minimum absolute atomic E-state index is 0.0522. The van der Waals surface area contributed by atoms with Gasteiger partial charge in [-0.25, -0.2) is 4.79 Å². The van der Waals surface area contributed by atoms with E-state index in [0.29, 0.717) is 18.4 Å². The van der Waals surface area contributed by atoms with E-state index in [1.165, 1.54) is 4.90 Å². The number of hydrogen-bond acceptors (Lipinski definition) is 4. The molecule has 1 N–H and O–H groups in total. The summed E-state index contributed by atoms with van der Waals surface area (Å²) in [6, 6.07) is 6.30. The van der Waals surface area contributed by atoms with Crippen LogP contribution in [-0.4, -0.2) is 65.3 Å². The summed E-state index contributed by atoms with van der Waals surface area (Å²) >= 11 is 0. The fraction of sp³-hybridized carbons (Fsp3) is 0.529. The molecule has 1 aromatic rings. The van der Waals surface area contributed by atoms with Crippen LogP contribution in [0.4, 0.5) is 0 Å². The number of benzene rings is 1. The van der Waals surface area contributed by atoms with E-state index in [1.54, 1.807) is 12.1 Å². The number of carbonyl (C=O) groups is 2. The lowest BCUT2D eigenvalue weighted by molar-refractivity contribution is -0.143. The summed E-state index contributed by atoms with van der Waals surface area (Å²) in [7, 11) is 2.02. The first-order valence-corrected chi connectivity index (χ1v) is 7.89. The van der Waals surface area contributed by atoms with Crippen LogP contribution in [0.1, 0.15) is 28.8 Å². The molecule has 3 rings (SSSR count). The summed E-state index contributed by atoms with van der Waals surface area (Å²) in [5.74, 6) is -1.28. The largest absolute Gasteiger partial charge is 0.480 e. The zero-order valence-electron chi connectivity index (χ0n) is 13.5. The molecule has 1 spiro atoms. The molecule has 0 radical (unpaired) electrons. The highest BCUT2D eigenvalue weighted by atomic mass is 16.5. The molecule has 1 atom stereocenters. The molecule has 0 unspecified atom stereocenters. The van der Waals surface area contributed by atoms with Crippen molar-refractivity contribution in [1.29, 1.82) is 0 Å². The molecule has 6 heteroatoms. The van der Waals surface area contributed by atoms with Gasteiger partial charge in [0.25, 0.3) is 5.91 Å². The van der Waals surface area contributed by atoms with Crippen molar-refractivity contribution in [2.75, 3.05) is 26.7 Å². The second-order valence-corrected chi connectivity index (χ2v) is 6.46. The van der Waals surface area contributed by atoms with Gasteiger partial charge in [0.15, 0.2) is 6.04 Å². The number of rotatable bonds is 2. The van der Waals surface area contributed by atoms with Crippen LogP contribution < -0.4 is 0 Å². The van der Waals surface area contributed by atoms with Crippen LogP contribution in [0.2, 0.25) is 0 Å². The Morgan fingerprint density at radius 3 is 2.39 bits per heavy atom. The Bertz CT molecular complexity index is 606. The number of aliphatic carboxylic acids is 1. The van der Waals surface area contributed by atoms with Crippen LogP contribution in [0.15, 0.2) is 24.3 Å². The van der Waals surface area contributed by atoms with Crippen LogP contribution in [0.25, 0.3) is 0 Å². The highest BCUT2D eigenvalue weighted by molar-refractivity contribution is 5.97. The molecule has 124 valence electrons. The summed E-state index contributed by atoms with van der Waals surface area (Å²) < 4.78 is 5.88.